The molecule has 1 aliphatic heterocycles. The quantitative estimate of drug-likeness (QED) is 0.908. The summed E-state index contributed by atoms with van der Waals surface area (Å²) in [7, 11) is 2.00. The second-order valence-corrected chi connectivity index (χ2v) is 6.97. The third kappa shape index (κ3) is 3.91. The summed E-state index contributed by atoms with van der Waals surface area (Å²) in [5.74, 6) is 0.522. The van der Waals surface area contributed by atoms with E-state index in [0.29, 0.717) is 6.54 Å². The van der Waals surface area contributed by atoms with Crippen LogP contribution < -0.4 is 5.32 Å². The van der Waals surface area contributed by atoms with Gasteiger partial charge < -0.3 is 5.32 Å². The van der Waals surface area contributed by atoms with Crippen LogP contribution >= 0.6 is 0 Å². The molecule has 0 aromatic heterocycles. The first-order valence-corrected chi connectivity index (χ1v) is 8.51. The SMILES string of the molecule is CN1CCC[C@H](CNC(=O)C2CC2)[C@@H]1c1ccc(C(F)(F)F)cc1. The number of nitrogens with zero attached hydrogens (tertiary/aromatic N) is 1. The van der Waals surface area contributed by atoms with Crippen LogP contribution in [-0.2, 0) is 11.0 Å². The van der Waals surface area contributed by atoms with Gasteiger partial charge in [-0.25, -0.2) is 0 Å². The summed E-state index contributed by atoms with van der Waals surface area (Å²) in [4.78, 5) is 14.1. The normalized spacial score (nSPS) is 25.5. The molecule has 2 fully saturated rings. The van der Waals surface area contributed by atoms with E-state index in [2.05, 4.69) is 10.2 Å². The van der Waals surface area contributed by atoms with Gasteiger partial charge in [-0.1, -0.05) is 12.1 Å². The maximum Gasteiger partial charge on any atom is 0.416 e. The number of benzene rings is 1. The summed E-state index contributed by atoms with van der Waals surface area (Å²) in [6.07, 6.45) is -0.356. The van der Waals surface area contributed by atoms with Gasteiger partial charge in [0.2, 0.25) is 5.91 Å². The van der Waals surface area contributed by atoms with E-state index in [0.717, 1.165) is 49.9 Å². The van der Waals surface area contributed by atoms with Gasteiger partial charge in [-0.05, 0) is 62.9 Å². The number of carbonyl (C=O) groups excluding carboxylic acids is 1. The Hall–Kier alpha value is -1.56. The third-order valence-electron chi connectivity index (χ3n) is 5.07. The third-order valence-corrected chi connectivity index (χ3v) is 5.07. The number of carbonyl (C=O) groups is 1. The lowest BCUT2D eigenvalue weighted by Crippen LogP contribution is -2.42. The fourth-order valence-electron chi connectivity index (χ4n) is 3.59. The molecule has 3 nitrogen and oxygen atoms in total. The Morgan fingerprint density at radius 3 is 2.46 bits per heavy atom. The van der Waals surface area contributed by atoms with E-state index in [1.165, 1.54) is 0 Å². The molecule has 1 heterocycles. The smallest absolute Gasteiger partial charge is 0.356 e. The van der Waals surface area contributed by atoms with Crippen molar-refractivity contribution in [3.63, 3.8) is 0 Å². The summed E-state index contributed by atoms with van der Waals surface area (Å²) in [6.45, 7) is 1.50. The molecule has 1 aromatic carbocycles. The van der Waals surface area contributed by atoms with Crippen LogP contribution in [-0.4, -0.2) is 30.9 Å². The second-order valence-electron chi connectivity index (χ2n) is 6.97. The Labute approximate surface area is 140 Å². The molecule has 1 aromatic rings. The molecule has 0 unspecified atom stereocenters. The molecule has 1 saturated carbocycles. The van der Waals surface area contributed by atoms with Crippen molar-refractivity contribution >= 4 is 5.91 Å². The number of hydrogen-bond donors (Lipinski definition) is 1. The minimum absolute atomic E-state index is 0.0422. The molecule has 6 heteroatoms. The topological polar surface area (TPSA) is 32.3 Å². The van der Waals surface area contributed by atoms with Crippen molar-refractivity contribution in [3.8, 4) is 0 Å². The Bertz CT molecular complexity index is 581. The van der Waals surface area contributed by atoms with Crippen molar-refractivity contribution in [2.75, 3.05) is 20.1 Å². The maximum absolute atomic E-state index is 12.7. The zero-order valence-electron chi connectivity index (χ0n) is 13.8. The van der Waals surface area contributed by atoms with Crippen molar-refractivity contribution in [2.24, 2.45) is 11.8 Å². The van der Waals surface area contributed by atoms with E-state index in [-0.39, 0.29) is 23.8 Å². The van der Waals surface area contributed by atoms with Crippen molar-refractivity contribution < 1.29 is 18.0 Å². The van der Waals surface area contributed by atoms with Gasteiger partial charge in [0.05, 0.1) is 5.56 Å². The van der Waals surface area contributed by atoms with Crippen LogP contribution in [0.3, 0.4) is 0 Å². The van der Waals surface area contributed by atoms with Crippen molar-refractivity contribution in [2.45, 2.75) is 37.9 Å². The van der Waals surface area contributed by atoms with Gasteiger partial charge in [0.15, 0.2) is 0 Å². The first kappa shape index (κ1) is 17.3. The fraction of sp³-hybridized carbons (Fsp3) is 0.611. The predicted octanol–water partition coefficient (Wildman–Crippen LogP) is 3.61. The number of hydrogen-bond acceptors (Lipinski definition) is 2. The second kappa shape index (κ2) is 6.75. The lowest BCUT2D eigenvalue weighted by atomic mass is 9.84. The van der Waals surface area contributed by atoms with Gasteiger partial charge in [0, 0.05) is 18.5 Å². The van der Waals surface area contributed by atoms with E-state index >= 15 is 0 Å². The van der Waals surface area contributed by atoms with Crippen molar-refractivity contribution in [3.05, 3.63) is 35.4 Å². The van der Waals surface area contributed by atoms with E-state index in [9.17, 15) is 18.0 Å². The van der Waals surface area contributed by atoms with Crippen molar-refractivity contribution in [1.29, 1.82) is 0 Å². The fourth-order valence-corrected chi connectivity index (χ4v) is 3.59. The molecular weight excluding hydrogens is 317 g/mol. The van der Waals surface area contributed by atoms with Crippen LogP contribution in [0.25, 0.3) is 0 Å². The van der Waals surface area contributed by atoms with E-state index in [1.807, 2.05) is 7.05 Å². The average molecular weight is 340 g/mol. The summed E-state index contributed by atoms with van der Waals surface area (Å²) < 4.78 is 38.2. The standard InChI is InChI=1S/C18H23F3N2O/c1-23-10-2-3-14(11-22-17(24)13-4-5-13)16(23)12-6-8-15(9-7-12)18(19,20)21/h6-9,13-14,16H,2-5,10-11H2,1H3,(H,22,24)/t14-,16+/m1/s1. The average Bonchev–Trinajstić information content (AvgIpc) is 3.37. The molecular formula is C18H23F3N2O. The summed E-state index contributed by atoms with van der Waals surface area (Å²) in [5.41, 5.74) is 0.263. The molecule has 1 N–H and O–H groups in total. The maximum atomic E-state index is 12.7. The molecule has 2 aliphatic rings. The van der Waals surface area contributed by atoms with Crippen LogP contribution in [0.5, 0.6) is 0 Å². The minimum atomic E-state index is -4.31. The van der Waals surface area contributed by atoms with Gasteiger partial charge in [-0.2, -0.15) is 13.2 Å². The number of halogens is 3. The molecule has 24 heavy (non-hydrogen) atoms. The lowest BCUT2D eigenvalue weighted by molar-refractivity contribution is -0.137. The van der Waals surface area contributed by atoms with Crippen LogP contribution in [0, 0.1) is 11.8 Å². The van der Waals surface area contributed by atoms with Crippen LogP contribution in [0.2, 0.25) is 0 Å². The zero-order chi connectivity index (χ0) is 17.3. The molecule has 0 spiro atoms. The Kier molecular flexibility index (Phi) is 4.85. The molecule has 3 rings (SSSR count). The number of alkyl halides is 3. The molecule has 0 bridgehead atoms. The van der Waals surface area contributed by atoms with Gasteiger partial charge in [0.1, 0.15) is 0 Å². The van der Waals surface area contributed by atoms with Gasteiger partial charge >= 0.3 is 6.18 Å². The molecule has 2 atom stereocenters. The summed E-state index contributed by atoms with van der Waals surface area (Å²) >= 11 is 0. The van der Waals surface area contributed by atoms with Crippen LogP contribution in [0.4, 0.5) is 13.2 Å². The lowest BCUT2D eigenvalue weighted by Gasteiger charge is -2.39. The number of amides is 1. The highest BCUT2D eigenvalue weighted by Gasteiger charge is 2.35. The summed E-state index contributed by atoms with van der Waals surface area (Å²) in [5, 5.41) is 3.02. The van der Waals surface area contributed by atoms with Crippen molar-refractivity contribution in [1.82, 2.24) is 10.2 Å². The van der Waals surface area contributed by atoms with Crippen LogP contribution in [0.1, 0.15) is 42.9 Å². The highest BCUT2D eigenvalue weighted by Crippen LogP contribution is 2.37. The summed E-state index contributed by atoms with van der Waals surface area (Å²) in [6, 6.07) is 5.49. The number of nitrogens with one attached hydrogen (secondary N) is 1. The van der Waals surface area contributed by atoms with E-state index in [4.69, 9.17) is 0 Å². The zero-order valence-corrected chi connectivity index (χ0v) is 13.8. The molecule has 1 aliphatic carbocycles. The minimum Gasteiger partial charge on any atom is -0.356 e. The highest BCUT2D eigenvalue weighted by atomic mass is 19.4. The monoisotopic (exact) mass is 340 g/mol. The number of piperidine rings is 1. The Morgan fingerprint density at radius 1 is 1.21 bits per heavy atom. The predicted molar refractivity (Wildman–Crippen MR) is 85.3 cm³/mol. The van der Waals surface area contributed by atoms with E-state index in [1.54, 1.807) is 12.1 Å². The first-order valence-electron chi connectivity index (χ1n) is 8.51. The molecule has 1 amide bonds. The van der Waals surface area contributed by atoms with Gasteiger partial charge in [-0.3, -0.25) is 9.69 Å². The van der Waals surface area contributed by atoms with E-state index < -0.39 is 11.7 Å². The van der Waals surface area contributed by atoms with Crippen LogP contribution in [0.15, 0.2) is 24.3 Å². The van der Waals surface area contributed by atoms with Gasteiger partial charge in [0.25, 0.3) is 0 Å². The molecule has 132 valence electrons. The molecule has 0 radical (unpaired) electrons. The largest absolute Gasteiger partial charge is 0.416 e. The molecule has 1 saturated heterocycles. The first-order chi connectivity index (χ1) is 11.4. The number of rotatable bonds is 4. The highest BCUT2D eigenvalue weighted by molar-refractivity contribution is 5.80. The Morgan fingerprint density at radius 2 is 1.88 bits per heavy atom. The van der Waals surface area contributed by atoms with Gasteiger partial charge in [-0.15, -0.1) is 0 Å². The Balaban J connectivity index is 1.72. The number of likely N-dealkylation sites (tertiary alicyclic amines) is 1.